The molecule has 2 saturated heterocycles. The SMILES string of the molecule is CC(=O)NCC(=O)N1C[C@@H](O)[C@H](N2CCC(F)(F)CC2)C1. The fourth-order valence-electron chi connectivity index (χ4n) is 2.83. The molecule has 2 rings (SSSR count). The first-order valence-corrected chi connectivity index (χ1v) is 7.11. The summed E-state index contributed by atoms with van der Waals surface area (Å²) in [6, 6.07) is -0.303. The van der Waals surface area contributed by atoms with E-state index in [0.717, 1.165) is 0 Å². The molecule has 0 aromatic rings. The van der Waals surface area contributed by atoms with E-state index in [1.54, 1.807) is 0 Å². The summed E-state index contributed by atoms with van der Waals surface area (Å²) in [5.74, 6) is -3.19. The van der Waals surface area contributed by atoms with Gasteiger partial charge in [-0.1, -0.05) is 0 Å². The minimum Gasteiger partial charge on any atom is -0.390 e. The molecule has 2 atom stereocenters. The maximum Gasteiger partial charge on any atom is 0.250 e. The molecule has 6 nitrogen and oxygen atoms in total. The summed E-state index contributed by atoms with van der Waals surface area (Å²) in [5.41, 5.74) is 0. The highest BCUT2D eigenvalue weighted by Crippen LogP contribution is 2.30. The number of carbonyl (C=O) groups excluding carboxylic acids is 2. The first-order valence-electron chi connectivity index (χ1n) is 7.11. The molecule has 0 radical (unpaired) electrons. The van der Waals surface area contributed by atoms with E-state index in [9.17, 15) is 23.5 Å². The van der Waals surface area contributed by atoms with Crippen molar-refractivity contribution in [3.8, 4) is 0 Å². The lowest BCUT2D eigenvalue weighted by Gasteiger charge is -2.36. The molecule has 2 fully saturated rings. The van der Waals surface area contributed by atoms with Crippen LogP contribution in [0.15, 0.2) is 0 Å². The van der Waals surface area contributed by atoms with Crippen molar-refractivity contribution < 1.29 is 23.5 Å². The molecule has 21 heavy (non-hydrogen) atoms. The van der Waals surface area contributed by atoms with Gasteiger partial charge in [0.1, 0.15) is 0 Å². The summed E-state index contributed by atoms with van der Waals surface area (Å²) < 4.78 is 26.3. The van der Waals surface area contributed by atoms with Crippen LogP contribution >= 0.6 is 0 Å². The molecule has 0 aromatic carbocycles. The fraction of sp³-hybridized carbons (Fsp3) is 0.846. The molecule has 2 amide bonds. The lowest BCUT2D eigenvalue weighted by atomic mass is 10.0. The molecule has 0 unspecified atom stereocenters. The second kappa shape index (κ2) is 6.23. The quantitative estimate of drug-likeness (QED) is 0.732. The zero-order chi connectivity index (χ0) is 15.6. The molecule has 2 aliphatic heterocycles. The van der Waals surface area contributed by atoms with Gasteiger partial charge in [-0.2, -0.15) is 0 Å². The van der Waals surface area contributed by atoms with Gasteiger partial charge in [0.2, 0.25) is 11.8 Å². The molecule has 0 saturated carbocycles. The van der Waals surface area contributed by atoms with Gasteiger partial charge in [-0.15, -0.1) is 0 Å². The number of aliphatic hydroxyl groups excluding tert-OH is 1. The average molecular weight is 305 g/mol. The van der Waals surface area contributed by atoms with Crippen LogP contribution < -0.4 is 5.32 Å². The number of halogens is 2. The minimum atomic E-state index is -2.62. The molecule has 0 spiro atoms. The Balaban J connectivity index is 1.86. The van der Waals surface area contributed by atoms with E-state index in [-0.39, 0.29) is 56.9 Å². The second-order valence-corrected chi connectivity index (χ2v) is 5.74. The van der Waals surface area contributed by atoms with Gasteiger partial charge in [0.05, 0.1) is 18.7 Å². The maximum absolute atomic E-state index is 13.1. The fourth-order valence-corrected chi connectivity index (χ4v) is 2.83. The minimum absolute atomic E-state index is 0.104. The second-order valence-electron chi connectivity index (χ2n) is 5.74. The van der Waals surface area contributed by atoms with E-state index in [1.165, 1.54) is 11.8 Å². The van der Waals surface area contributed by atoms with Crippen LogP contribution in [0.1, 0.15) is 19.8 Å². The topological polar surface area (TPSA) is 72.9 Å². The largest absolute Gasteiger partial charge is 0.390 e. The number of nitrogens with one attached hydrogen (secondary N) is 1. The van der Waals surface area contributed by atoms with Crippen LogP contribution in [0.25, 0.3) is 0 Å². The molecule has 2 heterocycles. The highest BCUT2D eigenvalue weighted by Gasteiger charge is 2.42. The number of piperidine rings is 1. The summed E-state index contributed by atoms with van der Waals surface area (Å²) in [5, 5.41) is 12.5. The standard InChI is InChI=1S/C13H21F2N3O3/c1-9(19)16-6-12(21)18-7-10(11(20)8-18)17-4-2-13(14,15)3-5-17/h10-11,20H,2-8H2,1H3,(H,16,19)/t10-,11-/m1/s1. The first-order chi connectivity index (χ1) is 9.78. The molecular formula is C13H21F2N3O3. The van der Waals surface area contributed by atoms with Crippen molar-refractivity contribution >= 4 is 11.8 Å². The van der Waals surface area contributed by atoms with E-state index >= 15 is 0 Å². The van der Waals surface area contributed by atoms with Gasteiger partial charge in [-0.25, -0.2) is 8.78 Å². The van der Waals surface area contributed by atoms with Crippen LogP contribution in [0, 0.1) is 0 Å². The molecular weight excluding hydrogens is 284 g/mol. The van der Waals surface area contributed by atoms with Gasteiger partial charge in [-0.3, -0.25) is 14.5 Å². The van der Waals surface area contributed by atoms with Gasteiger partial charge in [0.25, 0.3) is 5.92 Å². The Hall–Kier alpha value is -1.28. The molecule has 0 aromatic heterocycles. The highest BCUT2D eigenvalue weighted by molar-refractivity contribution is 5.83. The van der Waals surface area contributed by atoms with Crippen molar-refractivity contribution in [1.82, 2.24) is 15.1 Å². The Kier molecular flexibility index (Phi) is 4.77. The van der Waals surface area contributed by atoms with Gasteiger partial charge in [0, 0.05) is 45.9 Å². The summed E-state index contributed by atoms with van der Waals surface area (Å²) in [6.45, 7) is 2.15. The number of nitrogens with zero attached hydrogens (tertiary/aromatic N) is 2. The summed E-state index contributed by atoms with van der Waals surface area (Å²) >= 11 is 0. The molecule has 2 aliphatic rings. The van der Waals surface area contributed by atoms with Crippen molar-refractivity contribution in [2.75, 3.05) is 32.7 Å². The Morgan fingerprint density at radius 3 is 2.48 bits per heavy atom. The highest BCUT2D eigenvalue weighted by atomic mass is 19.3. The zero-order valence-corrected chi connectivity index (χ0v) is 12.0. The van der Waals surface area contributed by atoms with Crippen molar-refractivity contribution in [3.63, 3.8) is 0 Å². The Morgan fingerprint density at radius 2 is 1.90 bits per heavy atom. The number of likely N-dealkylation sites (tertiary alicyclic amines) is 2. The first kappa shape index (κ1) is 16.1. The van der Waals surface area contributed by atoms with Crippen molar-refractivity contribution in [3.05, 3.63) is 0 Å². The van der Waals surface area contributed by atoms with Crippen LogP contribution in [0.4, 0.5) is 8.78 Å². The van der Waals surface area contributed by atoms with Crippen LogP contribution in [-0.4, -0.2) is 77.5 Å². The van der Waals surface area contributed by atoms with Crippen LogP contribution in [-0.2, 0) is 9.59 Å². The van der Waals surface area contributed by atoms with Gasteiger partial charge < -0.3 is 15.3 Å². The van der Waals surface area contributed by atoms with Crippen LogP contribution in [0.2, 0.25) is 0 Å². The predicted octanol–water partition coefficient (Wildman–Crippen LogP) is -0.575. The van der Waals surface area contributed by atoms with E-state index in [0.29, 0.717) is 6.54 Å². The molecule has 0 aliphatic carbocycles. The average Bonchev–Trinajstić information content (AvgIpc) is 2.78. The van der Waals surface area contributed by atoms with E-state index in [4.69, 9.17) is 0 Å². The summed E-state index contributed by atoms with van der Waals surface area (Å²) in [7, 11) is 0. The third-order valence-corrected chi connectivity index (χ3v) is 4.10. The lowest BCUT2D eigenvalue weighted by Crippen LogP contribution is -2.49. The van der Waals surface area contributed by atoms with E-state index in [2.05, 4.69) is 5.32 Å². The van der Waals surface area contributed by atoms with Crippen LogP contribution in [0.5, 0.6) is 0 Å². The van der Waals surface area contributed by atoms with Gasteiger partial charge >= 0.3 is 0 Å². The Bertz CT molecular complexity index is 409. The summed E-state index contributed by atoms with van der Waals surface area (Å²) in [6.07, 6.45) is -1.16. The third-order valence-electron chi connectivity index (χ3n) is 4.10. The number of hydrogen-bond acceptors (Lipinski definition) is 4. The molecule has 8 heteroatoms. The van der Waals surface area contributed by atoms with E-state index < -0.39 is 12.0 Å². The normalized spacial score (nSPS) is 29.4. The van der Waals surface area contributed by atoms with Crippen molar-refractivity contribution in [1.29, 1.82) is 0 Å². The molecule has 120 valence electrons. The third kappa shape index (κ3) is 4.10. The number of hydrogen-bond donors (Lipinski definition) is 2. The summed E-state index contributed by atoms with van der Waals surface area (Å²) in [4.78, 5) is 26.0. The lowest BCUT2D eigenvalue weighted by molar-refractivity contribution is -0.132. The number of rotatable bonds is 3. The number of carbonyl (C=O) groups is 2. The number of amides is 2. The number of β-amino-alcohol motifs (C(OH)–C–C–N with tert-alkyl or cyclic N) is 1. The zero-order valence-electron chi connectivity index (χ0n) is 12.0. The maximum atomic E-state index is 13.1. The number of alkyl halides is 2. The smallest absolute Gasteiger partial charge is 0.250 e. The van der Waals surface area contributed by atoms with Crippen LogP contribution in [0.3, 0.4) is 0 Å². The number of aliphatic hydroxyl groups is 1. The predicted molar refractivity (Wildman–Crippen MR) is 70.8 cm³/mol. The van der Waals surface area contributed by atoms with Gasteiger partial charge in [0.15, 0.2) is 0 Å². The van der Waals surface area contributed by atoms with E-state index in [1.807, 2.05) is 4.90 Å². The molecule has 2 N–H and O–H groups in total. The van der Waals surface area contributed by atoms with Gasteiger partial charge in [-0.05, 0) is 0 Å². The van der Waals surface area contributed by atoms with Crippen molar-refractivity contribution in [2.45, 2.75) is 37.8 Å². The Labute approximate surface area is 122 Å². The Morgan fingerprint density at radius 1 is 1.29 bits per heavy atom. The molecule has 0 bridgehead atoms. The van der Waals surface area contributed by atoms with Crippen molar-refractivity contribution in [2.24, 2.45) is 0 Å². The monoisotopic (exact) mass is 305 g/mol.